The second-order valence-electron chi connectivity index (χ2n) is 5.17. The third-order valence-electron chi connectivity index (χ3n) is 3.78. The molecule has 0 bridgehead atoms. The quantitative estimate of drug-likeness (QED) is 0.532. The van der Waals surface area contributed by atoms with Crippen molar-refractivity contribution in [1.29, 1.82) is 0 Å². The van der Waals surface area contributed by atoms with Crippen LogP contribution >= 0.6 is 0 Å². The number of nitrogen functional groups attached to an aromatic ring is 1. The molecule has 4 N–H and O–H groups in total. The molecule has 11 heteroatoms. The van der Waals surface area contributed by atoms with Crippen LogP contribution in [0.15, 0.2) is 12.7 Å². The second kappa shape index (κ2) is 6.65. The topological polar surface area (TPSA) is 155 Å². The summed E-state index contributed by atoms with van der Waals surface area (Å²) in [4.78, 5) is 23.4. The Labute approximate surface area is 136 Å². The van der Waals surface area contributed by atoms with Crippen molar-refractivity contribution in [3.8, 4) is 0 Å². The molecule has 0 radical (unpaired) electrons. The summed E-state index contributed by atoms with van der Waals surface area (Å²) in [5.41, 5.74) is 6.50. The summed E-state index contributed by atoms with van der Waals surface area (Å²) >= 11 is 0. The Morgan fingerprint density at radius 3 is 2.96 bits per heavy atom. The Bertz CT molecular complexity index is 737. The van der Waals surface area contributed by atoms with Gasteiger partial charge in [0, 0.05) is 0 Å². The zero-order chi connectivity index (χ0) is 17.3. The highest BCUT2D eigenvalue weighted by molar-refractivity contribution is 5.81. The van der Waals surface area contributed by atoms with Gasteiger partial charge in [0.15, 0.2) is 17.7 Å². The number of nitrogens with zero attached hydrogens (tertiary/aromatic N) is 4. The van der Waals surface area contributed by atoms with E-state index in [-0.39, 0.29) is 12.4 Å². The molecule has 1 aliphatic heterocycles. The van der Waals surface area contributed by atoms with E-state index in [4.69, 9.17) is 15.2 Å². The molecule has 24 heavy (non-hydrogen) atoms. The van der Waals surface area contributed by atoms with E-state index in [1.807, 2.05) is 0 Å². The number of ether oxygens (including phenoxy) is 3. The number of carbonyl (C=O) groups is 1. The summed E-state index contributed by atoms with van der Waals surface area (Å²) in [5, 5.41) is 19.6. The van der Waals surface area contributed by atoms with Gasteiger partial charge < -0.3 is 30.2 Å². The maximum atomic E-state index is 11.3. The van der Waals surface area contributed by atoms with Crippen molar-refractivity contribution in [2.24, 2.45) is 0 Å². The first kappa shape index (κ1) is 16.5. The number of nitrogens with two attached hydrogens (primary N) is 1. The molecule has 2 aromatic rings. The van der Waals surface area contributed by atoms with Gasteiger partial charge in [0.1, 0.15) is 36.8 Å². The Kier molecular flexibility index (Phi) is 4.57. The molecular weight excluding hydrogens is 322 g/mol. The minimum atomic E-state index is -1.15. The van der Waals surface area contributed by atoms with E-state index in [0.717, 1.165) is 0 Å². The van der Waals surface area contributed by atoms with E-state index in [9.17, 15) is 15.0 Å². The Hall–Kier alpha value is -2.34. The minimum absolute atomic E-state index is 0.197. The van der Waals surface area contributed by atoms with Crippen LogP contribution < -0.4 is 5.73 Å². The number of rotatable bonds is 5. The lowest BCUT2D eigenvalue weighted by molar-refractivity contribution is -0.152. The summed E-state index contributed by atoms with van der Waals surface area (Å²) in [6.45, 7) is -0.792. The first-order valence-corrected chi connectivity index (χ1v) is 7.12. The summed E-state index contributed by atoms with van der Waals surface area (Å²) in [7, 11) is 1.23. The summed E-state index contributed by atoms with van der Waals surface area (Å²) < 4.78 is 17.1. The first-order valence-electron chi connectivity index (χ1n) is 7.12. The normalized spacial score (nSPS) is 26.8. The molecule has 0 amide bonds. The average Bonchev–Trinajstić information content (AvgIpc) is 3.14. The van der Waals surface area contributed by atoms with Crippen LogP contribution in [0.2, 0.25) is 0 Å². The van der Waals surface area contributed by atoms with Gasteiger partial charge in [-0.2, -0.15) is 0 Å². The molecule has 0 aliphatic carbocycles. The molecule has 1 unspecified atom stereocenters. The summed E-state index contributed by atoms with van der Waals surface area (Å²) in [5.74, 6) is -0.404. The molecule has 11 nitrogen and oxygen atoms in total. The number of fused-ring (bicyclic) bond motifs is 1. The van der Waals surface area contributed by atoms with Crippen LogP contribution in [0.3, 0.4) is 0 Å². The largest absolute Gasteiger partial charge is 0.467 e. The predicted octanol–water partition coefficient (Wildman–Crippen LogP) is -1.78. The maximum Gasteiger partial charge on any atom is 0.331 e. The van der Waals surface area contributed by atoms with Crippen molar-refractivity contribution >= 4 is 23.0 Å². The number of anilines is 1. The van der Waals surface area contributed by atoms with Gasteiger partial charge in [-0.25, -0.2) is 19.7 Å². The highest BCUT2D eigenvalue weighted by atomic mass is 16.6. The molecule has 2 aromatic heterocycles. The minimum Gasteiger partial charge on any atom is -0.467 e. The van der Waals surface area contributed by atoms with Gasteiger partial charge in [-0.3, -0.25) is 4.57 Å². The van der Waals surface area contributed by atoms with E-state index in [1.165, 1.54) is 24.3 Å². The highest BCUT2D eigenvalue weighted by Gasteiger charge is 2.46. The van der Waals surface area contributed by atoms with Gasteiger partial charge in [-0.05, 0) is 0 Å². The van der Waals surface area contributed by atoms with E-state index in [0.29, 0.717) is 11.2 Å². The summed E-state index contributed by atoms with van der Waals surface area (Å²) in [6.07, 6.45) is -1.14. The Morgan fingerprint density at radius 2 is 2.25 bits per heavy atom. The molecule has 130 valence electrons. The number of carbonyl (C=O) groups excluding carboxylic acids is 1. The number of aliphatic hydroxyl groups excluding tert-OH is 2. The molecule has 1 aliphatic rings. The molecule has 3 rings (SSSR count). The van der Waals surface area contributed by atoms with Crippen molar-refractivity contribution < 1.29 is 29.2 Å². The number of aliphatic hydroxyl groups is 2. The van der Waals surface area contributed by atoms with Crippen LogP contribution in [-0.2, 0) is 19.0 Å². The third kappa shape index (κ3) is 2.78. The fraction of sp³-hybridized carbons (Fsp3) is 0.538. The van der Waals surface area contributed by atoms with Gasteiger partial charge in [0.25, 0.3) is 0 Å². The zero-order valence-corrected chi connectivity index (χ0v) is 12.8. The standard InChI is InChI=1S/C13H17N5O6/c1-22-7(20)3-23-10-9(21)6(2-19)24-13(10)18-5-17-8-11(14)15-4-16-12(8)18/h4-6,9-10,13,19,21H,2-3H2,1H3,(H2,14,15,16)/t6?,9-,10-,13-/m1/s1. The average molecular weight is 339 g/mol. The highest BCUT2D eigenvalue weighted by Crippen LogP contribution is 2.33. The van der Waals surface area contributed by atoms with Gasteiger partial charge in [0.05, 0.1) is 20.0 Å². The molecule has 3 heterocycles. The Balaban J connectivity index is 1.93. The lowest BCUT2D eigenvalue weighted by Gasteiger charge is -2.21. The van der Waals surface area contributed by atoms with Crippen LogP contribution in [0, 0.1) is 0 Å². The molecular formula is C13H17N5O6. The lowest BCUT2D eigenvalue weighted by Crippen LogP contribution is -2.36. The number of hydrogen-bond donors (Lipinski definition) is 3. The molecule has 1 saturated heterocycles. The molecule has 4 atom stereocenters. The van der Waals surface area contributed by atoms with E-state index >= 15 is 0 Å². The van der Waals surface area contributed by atoms with Gasteiger partial charge in [-0.1, -0.05) is 0 Å². The van der Waals surface area contributed by atoms with Crippen molar-refractivity contribution in [3.05, 3.63) is 12.7 Å². The number of esters is 1. The van der Waals surface area contributed by atoms with Gasteiger partial charge in [0.2, 0.25) is 0 Å². The maximum absolute atomic E-state index is 11.3. The molecule has 0 aromatic carbocycles. The predicted molar refractivity (Wildman–Crippen MR) is 78.5 cm³/mol. The van der Waals surface area contributed by atoms with E-state index in [2.05, 4.69) is 19.7 Å². The number of aromatic nitrogens is 4. The monoisotopic (exact) mass is 339 g/mol. The van der Waals surface area contributed by atoms with Crippen molar-refractivity contribution in [2.45, 2.75) is 24.5 Å². The first-order chi connectivity index (χ1) is 11.6. The van der Waals surface area contributed by atoms with Crippen molar-refractivity contribution in [2.75, 3.05) is 26.1 Å². The van der Waals surface area contributed by atoms with Crippen LogP contribution in [0.25, 0.3) is 11.2 Å². The third-order valence-corrected chi connectivity index (χ3v) is 3.78. The lowest BCUT2D eigenvalue weighted by atomic mass is 10.1. The van der Waals surface area contributed by atoms with Crippen LogP contribution in [0.5, 0.6) is 0 Å². The molecule has 0 saturated carbocycles. The number of hydrogen-bond acceptors (Lipinski definition) is 10. The fourth-order valence-electron chi connectivity index (χ4n) is 2.55. The van der Waals surface area contributed by atoms with Gasteiger partial charge in [-0.15, -0.1) is 0 Å². The fourth-order valence-corrected chi connectivity index (χ4v) is 2.55. The van der Waals surface area contributed by atoms with Gasteiger partial charge >= 0.3 is 5.97 Å². The smallest absolute Gasteiger partial charge is 0.331 e. The SMILES string of the molecule is COC(=O)CO[C@@H]1[C@H](O)C(CO)O[C@H]1n1cnc2c(N)ncnc21. The molecule has 1 fully saturated rings. The number of imidazole rings is 1. The van der Waals surface area contributed by atoms with Crippen LogP contribution in [0.4, 0.5) is 5.82 Å². The number of methoxy groups -OCH3 is 1. The van der Waals surface area contributed by atoms with Crippen molar-refractivity contribution in [1.82, 2.24) is 19.5 Å². The second-order valence-corrected chi connectivity index (χ2v) is 5.17. The van der Waals surface area contributed by atoms with Crippen LogP contribution in [0.1, 0.15) is 6.23 Å². The zero-order valence-electron chi connectivity index (χ0n) is 12.8. The van der Waals surface area contributed by atoms with Crippen LogP contribution in [-0.4, -0.2) is 74.3 Å². The summed E-state index contributed by atoms with van der Waals surface area (Å²) in [6, 6.07) is 0. The Morgan fingerprint density at radius 1 is 1.46 bits per heavy atom. The van der Waals surface area contributed by atoms with E-state index < -0.39 is 37.1 Å². The molecule has 0 spiro atoms. The van der Waals surface area contributed by atoms with E-state index in [1.54, 1.807) is 0 Å². The van der Waals surface area contributed by atoms with Crippen molar-refractivity contribution in [3.63, 3.8) is 0 Å².